The molecule has 1 atom stereocenters. The van der Waals surface area contributed by atoms with Gasteiger partial charge < -0.3 is 10.6 Å². The van der Waals surface area contributed by atoms with Crippen LogP contribution in [-0.4, -0.2) is 47.1 Å². The topological polar surface area (TPSA) is 53.1 Å². The predicted molar refractivity (Wildman–Crippen MR) is 84.6 cm³/mol. The Morgan fingerprint density at radius 3 is 2.75 bits per heavy atom. The first-order chi connectivity index (χ1) is 9.70. The Labute approximate surface area is 126 Å². The Balaban J connectivity index is 1.90. The molecule has 6 heteroatoms. The largest absolute Gasteiger partial charge is 0.367 e. The molecule has 1 aliphatic rings. The molecule has 1 unspecified atom stereocenters. The standard InChI is InChI=1S/C14H24ClN5/c1-3-16-14-18-10-12(15)13(19-14)17-9-11(2)20-7-5-4-6-8-20/h10-11H,3-9H2,1-2H3,(H2,16,17,18,19). The summed E-state index contributed by atoms with van der Waals surface area (Å²) in [6, 6.07) is 0.490. The smallest absolute Gasteiger partial charge is 0.224 e. The van der Waals surface area contributed by atoms with Crippen LogP contribution in [-0.2, 0) is 0 Å². The van der Waals surface area contributed by atoms with Crippen LogP contribution in [0.5, 0.6) is 0 Å². The number of rotatable bonds is 6. The molecule has 1 aromatic heterocycles. The summed E-state index contributed by atoms with van der Waals surface area (Å²) in [5.74, 6) is 1.33. The van der Waals surface area contributed by atoms with Crippen LogP contribution in [0.25, 0.3) is 0 Å². The lowest BCUT2D eigenvalue weighted by Gasteiger charge is -2.32. The van der Waals surface area contributed by atoms with Gasteiger partial charge in [0.1, 0.15) is 5.02 Å². The number of nitrogens with one attached hydrogen (secondary N) is 2. The van der Waals surface area contributed by atoms with E-state index in [1.807, 2.05) is 6.92 Å². The predicted octanol–water partition coefficient (Wildman–Crippen LogP) is 2.85. The van der Waals surface area contributed by atoms with Crippen LogP contribution in [0.15, 0.2) is 6.20 Å². The van der Waals surface area contributed by atoms with Gasteiger partial charge >= 0.3 is 0 Å². The van der Waals surface area contributed by atoms with Gasteiger partial charge in [-0.2, -0.15) is 4.98 Å². The fourth-order valence-corrected chi connectivity index (χ4v) is 2.62. The number of hydrogen-bond acceptors (Lipinski definition) is 5. The first-order valence-electron chi connectivity index (χ1n) is 7.45. The summed E-state index contributed by atoms with van der Waals surface area (Å²) in [6.07, 6.45) is 5.62. The molecule has 2 rings (SSSR count). The van der Waals surface area contributed by atoms with Crippen molar-refractivity contribution in [3.8, 4) is 0 Å². The van der Waals surface area contributed by atoms with Gasteiger partial charge in [-0.05, 0) is 39.8 Å². The summed E-state index contributed by atoms with van der Waals surface area (Å²) in [5, 5.41) is 7.01. The average molecular weight is 298 g/mol. The highest BCUT2D eigenvalue weighted by molar-refractivity contribution is 6.32. The second kappa shape index (κ2) is 7.64. The molecule has 0 amide bonds. The van der Waals surface area contributed by atoms with Gasteiger partial charge in [0.15, 0.2) is 5.82 Å². The zero-order valence-electron chi connectivity index (χ0n) is 12.3. The van der Waals surface area contributed by atoms with E-state index in [0.717, 1.165) is 13.1 Å². The van der Waals surface area contributed by atoms with Gasteiger partial charge in [0, 0.05) is 19.1 Å². The van der Waals surface area contributed by atoms with Crippen molar-refractivity contribution in [3.05, 3.63) is 11.2 Å². The number of piperidine rings is 1. The van der Waals surface area contributed by atoms with E-state index < -0.39 is 0 Å². The van der Waals surface area contributed by atoms with Crippen LogP contribution in [0, 0.1) is 0 Å². The maximum absolute atomic E-state index is 6.14. The van der Waals surface area contributed by atoms with E-state index in [-0.39, 0.29) is 0 Å². The van der Waals surface area contributed by atoms with Gasteiger partial charge in [-0.3, -0.25) is 4.90 Å². The monoisotopic (exact) mass is 297 g/mol. The minimum Gasteiger partial charge on any atom is -0.367 e. The summed E-state index contributed by atoms with van der Waals surface area (Å²) < 4.78 is 0. The lowest BCUT2D eigenvalue weighted by atomic mass is 10.1. The van der Waals surface area contributed by atoms with Gasteiger partial charge in [0.2, 0.25) is 5.95 Å². The number of anilines is 2. The van der Waals surface area contributed by atoms with Gasteiger partial charge in [-0.25, -0.2) is 4.98 Å². The van der Waals surface area contributed by atoms with Crippen LogP contribution in [0.4, 0.5) is 11.8 Å². The zero-order valence-corrected chi connectivity index (χ0v) is 13.1. The molecule has 5 nitrogen and oxygen atoms in total. The second-order valence-corrected chi connectivity index (χ2v) is 5.65. The lowest BCUT2D eigenvalue weighted by molar-refractivity contribution is 0.180. The molecule has 2 N–H and O–H groups in total. The van der Waals surface area contributed by atoms with Crippen molar-refractivity contribution in [1.29, 1.82) is 0 Å². The van der Waals surface area contributed by atoms with Gasteiger partial charge in [-0.1, -0.05) is 18.0 Å². The Kier molecular flexibility index (Phi) is 5.86. The minimum atomic E-state index is 0.490. The van der Waals surface area contributed by atoms with Crippen molar-refractivity contribution in [1.82, 2.24) is 14.9 Å². The van der Waals surface area contributed by atoms with Crippen molar-refractivity contribution >= 4 is 23.4 Å². The van der Waals surface area contributed by atoms with Gasteiger partial charge in [0.05, 0.1) is 6.20 Å². The molecule has 0 spiro atoms. The van der Waals surface area contributed by atoms with Crippen LogP contribution in [0.3, 0.4) is 0 Å². The SMILES string of the molecule is CCNc1ncc(Cl)c(NCC(C)N2CCCCC2)n1. The highest BCUT2D eigenvalue weighted by Crippen LogP contribution is 2.20. The normalized spacial score (nSPS) is 17.8. The molecular formula is C14H24ClN5. The third kappa shape index (κ3) is 4.21. The summed E-state index contributed by atoms with van der Waals surface area (Å²) in [7, 11) is 0. The maximum Gasteiger partial charge on any atom is 0.224 e. The van der Waals surface area contributed by atoms with Crippen molar-refractivity contribution in [2.75, 3.05) is 36.8 Å². The Hall–Kier alpha value is -1.07. The highest BCUT2D eigenvalue weighted by atomic mass is 35.5. The summed E-state index contributed by atoms with van der Waals surface area (Å²) in [6.45, 7) is 8.31. The van der Waals surface area contributed by atoms with E-state index >= 15 is 0 Å². The first kappa shape index (κ1) is 15.3. The van der Waals surface area contributed by atoms with Gasteiger partial charge in [-0.15, -0.1) is 0 Å². The molecule has 2 heterocycles. The molecule has 1 aliphatic heterocycles. The number of aromatic nitrogens is 2. The first-order valence-corrected chi connectivity index (χ1v) is 7.83. The van der Waals surface area contributed by atoms with Crippen molar-refractivity contribution in [2.24, 2.45) is 0 Å². The third-order valence-corrected chi connectivity index (χ3v) is 3.93. The Bertz CT molecular complexity index is 420. The number of nitrogens with zero attached hydrogens (tertiary/aromatic N) is 3. The van der Waals surface area contributed by atoms with E-state index in [0.29, 0.717) is 22.8 Å². The number of halogens is 1. The molecule has 112 valence electrons. The molecule has 1 fully saturated rings. The van der Waals surface area contributed by atoms with Crippen molar-refractivity contribution in [2.45, 2.75) is 39.2 Å². The molecule has 20 heavy (non-hydrogen) atoms. The van der Waals surface area contributed by atoms with Crippen LogP contribution >= 0.6 is 11.6 Å². The summed E-state index contributed by atoms with van der Waals surface area (Å²) in [5.41, 5.74) is 0. The van der Waals surface area contributed by atoms with Crippen molar-refractivity contribution in [3.63, 3.8) is 0 Å². The van der Waals surface area contributed by atoms with E-state index in [1.54, 1.807) is 6.20 Å². The average Bonchev–Trinajstić information content (AvgIpc) is 2.48. The summed E-state index contributed by atoms with van der Waals surface area (Å²) in [4.78, 5) is 11.1. The third-order valence-electron chi connectivity index (χ3n) is 3.66. The van der Waals surface area contributed by atoms with E-state index in [2.05, 4.69) is 32.4 Å². The van der Waals surface area contributed by atoms with Crippen LogP contribution < -0.4 is 10.6 Å². The molecule has 0 aromatic carbocycles. The fraction of sp³-hybridized carbons (Fsp3) is 0.714. The van der Waals surface area contributed by atoms with Gasteiger partial charge in [0.25, 0.3) is 0 Å². The van der Waals surface area contributed by atoms with E-state index in [4.69, 9.17) is 11.6 Å². The summed E-state index contributed by atoms with van der Waals surface area (Å²) >= 11 is 6.14. The lowest BCUT2D eigenvalue weighted by Crippen LogP contribution is -2.41. The molecule has 0 bridgehead atoms. The number of hydrogen-bond donors (Lipinski definition) is 2. The van der Waals surface area contributed by atoms with Crippen molar-refractivity contribution < 1.29 is 0 Å². The molecular weight excluding hydrogens is 274 g/mol. The Morgan fingerprint density at radius 2 is 2.05 bits per heavy atom. The minimum absolute atomic E-state index is 0.490. The molecule has 0 aliphatic carbocycles. The molecule has 0 saturated carbocycles. The second-order valence-electron chi connectivity index (χ2n) is 5.25. The molecule has 0 radical (unpaired) electrons. The van der Waals surface area contributed by atoms with E-state index in [9.17, 15) is 0 Å². The fourth-order valence-electron chi connectivity index (χ4n) is 2.47. The maximum atomic E-state index is 6.14. The van der Waals surface area contributed by atoms with Crippen LogP contribution in [0.1, 0.15) is 33.1 Å². The van der Waals surface area contributed by atoms with E-state index in [1.165, 1.54) is 32.4 Å². The molecule has 1 aromatic rings. The quantitative estimate of drug-likeness (QED) is 0.845. The van der Waals surface area contributed by atoms with Crippen LogP contribution in [0.2, 0.25) is 5.02 Å². The zero-order chi connectivity index (χ0) is 14.4. The number of likely N-dealkylation sites (tertiary alicyclic amines) is 1. The molecule has 1 saturated heterocycles. The highest BCUT2D eigenvalue weighted by Gasteiger charge is 2.17. The Morgan fingerprint density at radius 1 is 1.30 bits per heavy atom.